The first-order chi connectivity index (χ1) is 12.0. The molecule has 1 saturated heterocycles. The zero-order valence-corrected chi connectivity index (χ0v) is 15.0. The first kappa shape index (κ1) is 17.6. The molecule has 3 rings (SSSR count). The average Bonchev–Trinajstić information content (AvgIpc) is 3.21. The molecule has 0 N–H and O–H groups in total. The van der Waals surface area contributed by atoms with E-state index < -0.39 is 0 Å². The molecule has 134 valence electrons. The number of aromatic nitrogens is 2. The van der Waals surface area contributed by atoms with E-state index >= 15 is 0 Å². The molecule has 0 saturated carbocycles. The second-order valence-electron chi connectivity index (χ2n) is 6.56. The van der Waals surface area contributed by atoms with E-state index in [-0.39, 0.29) is 24.1 Å². The fourth-order valence-electron chi connectivity index (χ4n) is 3.35. The van der Waals surface area contributed by atoms with E-state index in [0.29, 0.717) is 24.7 Å². The number of methoxy groups -OCH3 is 1. The Balaban J connectivity index is 1.91. The Morgan fingerprint density at radius 3 is 2.64 bits per heavy atom. The molecular formula is C18H24N4O3. The van der Waals surface area contributed by atoms with Crippen molar-refractivity contribution in [2.24, 2.45) is 0 Å². The average molecular weight is 344 g/mol. The number of hydrogen-bond donors (Lipinski definition) is 0. The van der Waals surface area contributed by atoms with Crippen molar-refractivity contribution in [1.82, 2.24) is 19.9 Å². The summed E-state index contributed by atoms with van der Waals surface area (Å²) in [5.41, 5.74) is 0.957. The van der Waals surface area contributed by atoms with Gasteiger partial charge < -0.3 is 14.2 Å². The number of hydrogen-bond acceptors (Lipinski definition) is 6. The lowest BCUT2D eigenvalue weighted by molar-refractivity contribution is -0.138. The van der Waals surface area contributed by atoms with Crippen molar-refractivity contribution in [3.63, 3.8) is 0 Å². The molecule has 0 spiro atoms. The number of nitrogens with zero attached hydrogens (tertiary/aromatic N) is 4. The molecule has 1 amide bonds. The van der Waals surface area contributed by atoms with Crippen LogP contribution in [-0.4, -0.2) is 59.7 Å². The lowest BCUT2D eigenvalue weighted by atomic mass is 10.0. The van der Waals surface area contributed by atoms with Crippen LogP contribution in [0.4, 0.5) is 0 Å². The minimum Gasteiger partial charge on any atom is -0.380 e. The largest absolute Gasteiger partial charge is 0.380 e. The van der Waals surface area contributed by atoms with Crippen LogP contribution in [0.5, 0.6) is 0 Å². The van der Waals surface area contributed by atoms with Gasteiger partial charge in [0, 0.05) is 20.1 Å². The van der Waals surface area contributed by atoms with Crippen LogP contribution < -0.4 is 0 Å². The molecule has 25 heavy (non-hydrogen) atoms. The summed E-state index contributed by atoms with van der Waals surface area (Å²) in [7, 11) is 5.48. The van der Waals surface area contributed by atoms with Gasteiger partial charge in [-0.15, -0.1) is 0 Å². The highest BCUT2D eigenvalue weighted by molar-refractivity contribution is 5.84. The third-order valence-corrected chi connectivity index (χ3v) is 4.57. The zero-order chi connectivity index (χ0) is 18.0. The molecule has 1 fully saturated rings. The number of benzene rings is 1. The molecule has 1 aliphatic heterocycles. The Kier molecular flexibility index (Phi) is 5.15. The Labute approximate surface area is 147 Å². The van der Waals surface area contributed by atoms with E-state index in [1.807, 2.05) is 49.3 Å². The Hall–Kier alpha value is -2.25. The summed E-state index contributed by atoms with van der Waals surface area (Å²) >= 11 is 0. The summed E-state index contributed by atoms with van der Waals surface area (Å²) in [5, 5.41) is 3.87. The minimum absolute atomic E-state index is 0.0107. The van der Waals surface area contributed by atoms with Crippen LogP contribution in [0.3, 0.4) is 0 Å². The van der Waals surface area contributed by atoms with Crippen molar-refractivity contribution in [3.8, 4) is 0 Å². The van der Waals surface area contributed by atoms with Crippen LogP contribution in [0.2, 0.25) is 0 Å². The molecule has 2 heterocycles. The van der Waals surface area contributed by atoms with E-state index in [9.17, 15) is 4.79 Å². The van der Waals surface area contributed by atoms with Gasteiger partial charge in [0.25, 0.3) is 0 Å². The highest BCUT2D eigenvalue weighted by Gasteiger charge is 2.42. The van der Waals surface area contributed by atoms with E-state index in [4.69, 9.17) is 9.26 Å². The Morgan fingerprint density at radius 2 is 2.08 bits per heavy atom. The predicted molar refractivity (Wildman–Crippen MR) is 91.8 cm³/mol. The van der Waals surface area contributed by atoms with Gasteiger partial charge in [0.05, 0.1) is 6.10 Å². The number of likely N-dealkylation sites (tertiary alicyclic amines) is 1. The molecular weight excluding hydrogens is 320 g/mol. The van der Waals surface area contributed by atoms with Crippen LogP contribution in [0.1, 0.15) is 35.8 Å². The summed E-state index contributed by atoms with van der Waals surface area (Å²) in [6.07, 6.45) is 0.610. The first-order valence-corrected chi connectivity index (χ1v) is 8.36. The number of rotatable bonds is 5. The van der Waals surface area contributed by atoms with Crippen LogP contribution in [-0.2, 0) is 9.53 Å². The molecule has 0 bridgehead atoms. The SMILES string of the molecule is CO[C@@H]1C[C@H](c2nc(C)no2)N(C(=O)[C@@H](c2ccccc2)N(C)C)C1. The van der Waals surface area contributed by atoms with Gasteiger partial charge in [-0.25, -0.2) is 0 Å². The van der Waals surface area contributed by atoms with Crippen LogP contribution in [0.15, 0.2) is 34.9 Å². The first-order valence-electron chi connectivity index (χ1n) is 8.36. The topological polar surface area (TPSA) is 71.7 Å². The molecule has 0 aliphatic carbocycles. The summed E-state index contributed by atoms with van der Waals surface area (Å²) in [5.74, 6) is 1.04. The predicted octanol–water partition coefficient (Wildman–Crippen LogP) is 1.97. The number of aryl methyl sites for hydroxylation is 1. The van der Waals surface area contributed by atoms with Crippen molar-refractivity contribution in [2.75, 3.05) is 27.7 Å². The smallest absolute Gasteiger partial charge is 0.249 e. The van der Waals surface area contributed by atoms with E-state index in [1.54, 1.807) is 18.9 Å². The lowest BCUT2D eigenvalue weighted by Gasteiger charge is -2.30. The molecule has 0 radical (unpaired) electrons. The zero-order valence-electron chi connectivity index (χ0n) is 15.0. The van der Waals surface area contributed by atoms with Crippen molar-refractivity contribution >= 4 is 5.91 Å². The Bertz CT molecular complexity index is 716. The van der Waals surface area contributed by atoms with Crippen molar-refractivity contribution in [1.29, 1.82) is 0 Å². The Morgan fingerprint density at radius 1 is 1.36 bits per heavy atom. The van der Waals surface area contributed by atoms with Crippen molar-refractivity contribution in [2.45, 2.75) is 31.5 Å². The summed E-state index contributed by atoms with van der Waals surface area (Å²) in [4.78, 5) is 21.4. The normalized spacial score (nSPS) is 21.7. The maximum atomic E-state index is 13.4. The van der Waals surface area contributed by atoms with Crippen LogP contribution in [0, 0.1) is 6.92 Å². The molecule has 0 unspecified atom stereocenters. The maximum absolute atomic E-state index is 13.4. The van der Waals surface area contributed by atoms with Gasteiger partial charge in [-0.05, 0) is 26.6 Å². The molecule has 7 heteroatoms. The third-order valence-electron chi connectivity index (χ3n) is 4.57. The van der Waals surface area contributed by atoms with Crippen molar-refractivity contribution in [3.05, 3.63) is 47.6 Å². The number of likely N-dealkylation sites (N-methyl/N-ethyl adjacent to an activating group) is 1. The molecule has 1 aliphatic rings. The van der Waals surface area contributed by atoms with E-state index in [2.05, 4.69) is 10.1 Å². The third kappa shape index (κ3) is 3.57. The van der Waals surface area contributed by atoms with Crippen molar-refractivity contribution < 1.29 is 14.1 Å². The number of ether oxygens (including phenoxy) is 1. The van der Waals surface area contributed by atoms with Gasteiger partial charge in [0.2, 0.25) is 11.8 Å². The molecule has 1 aromatic carbocycles. The minimum atomic E-state index is -0.372. The van der Waals surface area contributed by atoms with Gasteiger partial charge >= 0.3 is 0 Å². The standard InChI is InChI=1S/C18H24N4O3/c1-12-19-17(25-20-12)15-10-14(24-4)11-22(15)18(23)16(21(2)3)13-8-6-5-7-9-13/h5-9,14-16H,10-11H2,1-4H3/t14-,15-,16-/m1/s1. The van der Waals surface area contributed by atoms with Gasteiger partial charge in [0.15, 0.2) is 5.82 Å². The van der Waals surface area contributed by atoms with E-state index in [1.165, 1.54) is 0 Å². The second kappa shape index (κ2) is 7.33. The monoisotopic (exact) mass is 344 g/mol. The summed E-state index contributed by atoms with van der Waals surface area (Å²) in [6.45, 7) is 2.28. The summed E-state index contributed by atoms with van der Waals surface area (Å²) in [6, 6.07) is 9.14. The summed E-state index contributed by atoms with van der Waals surface area (Å²) < 4.78 is 10.8. The fraction of sp³-hybridized carbons (Fsp3) is 0.500. The second-order valence-corrected chi connectivity index (χ2v) is 6.56. The highest BCUT2D eigenvalue weighted by Crippen LogP contribution is 2.35. The van der Waals surface area contributed by atoms with Gasteiger partial charge in [-0.2, -0.15) is 4.98 Å². The van der Waals surface area contributed by atoms with Gasteiger partial charge in [0.1, 0.15) is 12.1 Å². The number of carbonyl (C=O) groups excluding carboxylic acids is 1. The molecule has 1 aromatic heterocycles. The van der Waals surface area contributed by atoms with E-state index in [0.717, 1.165) is 5.56 Å². The molecule has 7 nitrogen and oxygen atoms in total. The molecule has 3 atom stereocenters. The maximum Gasteiger partial charge on any atom is 0.249 e. The van der Waals surface area contributed by atoms with Crippen LogP contribution in [0.25, 0.3) is 0 Å². The number of carbonyl (C=O) groups is 1. The molecule has 2 aromatic rings. The van der Waals surface area contributed by atoms with Gasteiger partial charge in [-0.3, -0.25) is 9.69 Å². The quantitative estimate of drug-likeness (QED) is 0.826. The fourth-order valence-corrected chi connectivity index (χ4v) is 3.35. The van der Waals surface area contributed by atoms with Gasteiger partial charge in [-0.1, -0.05) is 35.5 Å². The number of amides is 1. The lowest BCUT2D eigenvalue weighted by Crippen LogP contribution is -2.41. The highest BCUT2D eigenvalue weighted by atomic mass is 16.5. The van der Waals surface area contributed by atoms with Crippen LogP contribution >= 0.6 is 0 Å².